The lowest BCUT2D eigenvalue weighted by Gasteiger charge is -2.34. The number of anilines is 2. The van der Waals surface area contributed by atoms with E-state index >= 15 is 0 Å². The molecule has 1 saturated heterocycles. The molecule has 1 aliphatic rings. The van der Waals surface area contributed by atoms with Crippen molar-refractivity contribution in [3.05, 3.63) is 10.9 Å². The Bertz CT molecular complexity index is 722. The van der Waals surface area contributed by atoms with Gasteiger partial charge in [0, 0.05) is 45.2 Å². The zero-order valence-corrected chi connectivity index (χ0v) is 14.4. The summed E-state index contributed by atoms with van der Waals surface area (Å²) < 4.78 is 0. The van der Waals surface area contributed by atoms with Crippen LogP contribution in [0, 0.1) is 0 Å². The highest BCUT2D eigenvalue weighted by atomic mass is 32.1. The number of carbonyl (C=O) groups is 1. The number of thiophene rings is 1. The Labute approximate surface area is 139 Å². The van der Waals surface area contributed by atoms with E-state index in [1.165, 1.54) is 9.78 Å². The zero-order valence-electron chi connectivity index (χ0n) is 13.6. The molecule has 0 spiro atoms. The van der Waals surface area contributed by atoms with Crippen molar-refractivity contribution in [1.82, 2.24) is 14.9 Å². The van der Waals surface area contributed by atoms with Gasteiger partial charge in [-0.05, 0) is 12.5 Å². The molecule has 23 heavy (non-hydrogen) atoms. The molecule has 2 aromatic heterocycles. The maximum atomic E-state index is 11.1. The minimum absolute atomic E-state index is 0.503. The van der Waals surface area contributed by atoms with Gasteiger partial charge in [-0.2, -0.15) is 4.98 Å². The number of aromatic nitrogens is 2. The third-order valence-corrected chi connectivity index (χ3v) is 5.18. The average Bonchev–Trinajstić information content (AvgIpc) is 2.97. The fourth-order valence-electron chi connectivity index (χ4n) is 2.67. The van der Waals surface area contributed by atoms with E-state index in [4.69, 9.17) is 10.1 Å². The summed E-state index contributed by atoms with van der Waals surface area (Å²) in [6.07, 6.45) is 0.125. The van der Waals surface area contributed by atoms with E-state index in [0.29, 0.717) is 32.1 Å². The molecule has 1 N–H and O–H groups in total. The lowest BCUT2D eigenvalue weighted by molar-refractivity contribution is 0.142. The number of hydrogen-bond acceptors (Lipinski definition) is 6. The molecule has 3 rings (SSSR count). The highest BCUT2D eigenvalue weighted by molar-refractivity contribution is 7.18. The molecule has 1 aliphatic heterocycles. The van der Waals surface area contributed by atoms with E-state index in [-0.39, 0.29) is 0 Å². The van der Waals surface area contributed by atoms with Crippen molar-refractivity contribution in [2.45, 2.75) is 13.3 Å². The highest BCUT2D eigenvalue weighted by Gasteiger charge is 2.24. The van der Waals surface area contributed by atoms with E-state index in [1.807, 2.05) is 19.0 Å². The summed E-state index contributed by atoms with van der Waals surface area (Å²) >= 11 is 1.70. The summed E-state index contributed by atoms with van der Waals surface area (Å²) in [5, 5.41) is 10.2. The monoisotopic (exact) mass is 335 g/mol. The average molecular weight is 335 g/mol. The number of nitrogens with zero attached hydrogens (tertiary/aromatic N) is 5. The Morgan fingerprint density at radius 3 is 2.57 bits per heavy atom. The molecule has 1 fully saturated rings. The predicted octanol–water partition coefficient (Wildman–Crippen LogP) is 2.12. The van der Waals surface area contributed by atoms with E-state index in [1.54, 1.807) is 11.3 Å². The van der Waals surface area contributed by atoms with Crippen molar-refractivity contribution in [2.75, 3.05) is 50.1 Å². The van der Waals surface area contributed by atoms with Crippen LogP contribution in [0.4, 0.5) is 16.6 Å². The van der Waals surface area contributed by atoms with Crippen LogP contribution in [0.15, 0.2) is 6.07 Å². The van der Waals surface area contributed by atoms with Crippen molar-refractivity contribution in [3.8, 4) is 0 Å². The summed E-state index contributed by atoms with van der Waals surface area (Å²) in [6, 6.07) is 2.17. The van der Waals surface area contributed by atoms with Gasteiger partial charge in [0.15, 0.2) is 0 Å². The van der Waals surface area contributed by atoms with Gasteiger partial charge in [0.05, 0.1) is 5.39 Å². The van der Waals surface area contributed by atoms with E-state index in [0.717, 1.165) is 22.5 Å². The lowest BCUT2D eigenvalue weighted by atomic mass is 10.2. The molecule has 0 aromatic carbocycles. The van der Waals surface area contributed by atoms with Crippen LogP contribution in [-0.4, -0.2) is 66.3 Å². The van der Waals surface area contributed by atoms with Gasteiger partial charge in [0.2, 0.25) is 5.95 Å². The molecule has 2 aromatic rings. The lowest BCUT2D eigenvalue weighted by Crippen LogP contribution is -2.48. The van der Waals surface area contributed by atoms with Crippen LogP contribution in [0.1, 0.15) is 11.8 Å². The first kappa shape index (κ1) is 15.8. The first-order valence-corrected chi connectivity index (χ1v) is 8.52. The Balaban J connectivity index is 1.98. The van der Waals surface area contributed by atoms with Crippen molar-refractivity contribution >= 4 is 39.4 Å². The van der Waals surface area contributed by atoms with Crippen LogP contribution in [0.2, 0.25) is 0 Å². The first-order valence-electron chi connectivity index (χ1n) is 7.70. The molecule has 0 bridgehead atoms. The molecule has 0 saturated carbocycles. The second-order valence-corrected chi connectivity index (χ2v) is 6.90. The topological polar surface area (TPSA) is 72.8 Å². The minimum atomic E-state index is -0.852. The fraction of sp³-hybridized carbons (Fsp3) is 0.533. The smallest absolute Gasteiger partial charge is 0.407 e. The third-order valence-electron chi connectivity index (χ3n) is 4.01. The summed E-state index contributed by atoms with van der Waals surface area (Å²) in [6.45, 7) is 4.45. The maximum Gasteiger partial charge on any atom is 0.407 e. The Hall–Kier alpha value is -2.09. The first-order chi connectivity index (χ1) is 11.0. The van der Waals surface area contributed by atoms with Gasteiger partial charge in [0.1, 0.15) is 10.6 Å². The van der Waals surface area contributed by atoms with Gasteiger partial charge in [0.25, 0.3) is 0 Å². The molecule has 1 amide bonds. The fourth-order valence-corrected chi connectivity index (χ4v) is 3.63. The van der Waals surface area contributed by atoms with Crippen molar-refractivity contribution in [2.24, 2.45) is 0 Å². The molecule has 0 unspecified atom stereocenters. The largest absolute Gasteiger partial charge is 0.465 e. The molecule has 3 heterocycles. The maximum absolute atomic E-state index is 11.1. The van der Waals surface area contributed by atoms with Crippen molar-refractivity contribution in [3.63, 3.8) is 0 Å². The molecule has 124 valence electrons. The molecule has 0 atom stereocenters. The van der Waals surface area contributed by atoms with E-state index < -0.39 is 6.09 Å². The summed E-state index contributed by atoms with van der Waals surface area (Å²) in [5.74, 6) is 1.61. The molecule has 0 radical (unpaired) electrons. The van der Waals surface area contributed by atoms with Gasteiger partial charge in [-0.1, -0.05) is 6.92 Å². The quantitative estimate of drug-likeness (QED) is 0.926. The summed E-state index contributed by atoms with van der Waals surface area (Å²) in [5.41, 5.74) is 0. The number of amides is 1. The number of aryl methyl sites for hydroxylation is 1. The zero-order chi connectivity index (χ0) is 16.6. The van der Waals surface area contributed by atoms with Crippen LogP contribution in [0.25, 0.3) is 10.2 Å². The van der Waals surface area contributed by atoms with Gasteiger partial charge < -0.3 is 19.8 Å². The molecular weight excluding hydrogens is 314 g/mol. The number of fused-ring (bicyclic) bond motifs is 1. The van der Waals surface area contributed by atoms with Crippen LogP contribution in [0.3, 0.4) is 0 Å². The van der Waals surface area contributed by atoms with Gasteiger partial charge in [-0.25, -0.2) is 9.78 Å². The number of hydrogen-bond donors (Lipinski definition) is 1. The van der Waals surface area contributed by atoms with Crippen LogP contribution >= 0.6 is 11.3 Å². The second-order valence-electron chi connectivity index (χ2n) is 5.78. The Kier molecular flexibility index (Phi) is 4.25. The summed E-state index contributed by atoms with van der Waals surface area (Å²) in [4.78, 5) is 28.2. The van der Waals surface area contributed by atoms with Crippen LogP contribution in [0.5, 0.6) is 0 Å². The Morgan fingerprint density at radius 1 is 1.30 bits per heavy atom. The second kappa shape index (κ2) is 6.19. The number of carboxylic acid groups (broad SMARTS) is 1. The van der Waals surface area contributed by atoms with Crippen LogP contribution < -0.4 is 9.80 Å². The predicted molar refractivity (Wildman–Crippen MR) is 92.9 cm³/mol. The molecule has 7 nitrogen and oxygen atoms in total. The van der Waals surface area contributed by atoms with E-state index in [9.17, 15) is 4.79 Å². The number of rotatable bonds is 3. The standard InChI is InChI=1S/C15H21N5O2S/c1-4-10-9-11-12(16-14(18(2)3)17-13(11)23-10)19-5-7-20(8-6-19)15(21)22/h9H,4-8H2,1-3H3,(H,21,22). The van der Waals surface area contributed by atoms with Gasteiger partial charge in [-0.15, -0.1) is 11.3 Å². The minimum Gasteiger partial charge on any atom is -0.465 e. The van der Waals surface area contributed by atoms with Gasteiger partial charge in [-0.3, -0.25) is 0 Å². The van der Waals surface area contributed by atoms with Crippen molar-refractivity contribution in [1.29, 1.82) is 0 Å². The van der Waals surface area contributed by atoms with E-state index in [2.05, 4.69) is 22.9 Å². The molecule has 0 aliphatic carbocycles. The number of piperazine rings is 1. The van der Waals surface area contributed by atoms with Gasteiger partial charge >= 0.3 is 6.09 Å². The Morgan fingerprint density at radius 2 is 2.00 bits per heavy atom. The van der Waals surface area contributed by atoms with Crippen LogP contribution in [-0.2, 0) is 6.42 Å². The SMILES string of the molecule is CCc1cc2c(N3CCN(C(=O)O)CC3)nc(N(C)C)nc2s1. The van der Waals surface area contributed by atoms with Crippen molar-refractivity contribution < 1.29 is 9.90 Å². The molecule has 8 heteroatoms. The summed E-state index contributed by atoms with van der Waals surface area (Å²) in [7, 11) is 3.86. The highest BCUT2D eigenvalue weighted by Crippen LogP contribution is 2.33. The molecular formula is C15H21N5O2S. The normalized spacial score (nSPS) is 15.3. The third kappa shape index (κ3) is 3.03.